The lowest BCUT2D eigenvalue weighted by molar-refractivity contribution is 0.638. The molecule has 0 fully saturated rings. The molecular formula is C8H11ClFI. The molecular weight excluding hydrogens is 277 g/mol. The van der Waals surface area contributed by atoms with Gasteiger partial charge in [-0.15, -0.1) is 0 Å². The van der Waals surface area contributed by atoms with Gasteiger partial charge in [0.2, 0.25) is 0 Å². The van der Waals surface area contributed by atoms with Crippen LogP contribution in [0, 0.1) is 0 Å². The quantitative estimate of drug-likeness (QED) is 0.315. The number of hydrogen-bond acceptors (Lipinski definition) is 0. The normalized spacial score (nSPS) is 13.8. The van der Waals surface area contributed by atoms with Crippen molar-refractivity contribution >= 4 is 34.2 Å². The van der Waals surface area contributed by atoms with Crippen LogP contribution < -0.4 is 0 Å². The Hall–Kier alpha value is 0.430. The number of allylic oxidation sites excluding steroid dienone is 4. The van der Waals surface area contributed by atoms with E-state index in [-0.39, 0.29) is 10.9 Å². The lowest BCUT2D eigenvalue weighted by atomic mass is 10.3. The van der Waals surface area contributed by atoms with Gasteiger partial charge in [-0.2, -0.15) is 0 Å². The highest BCUT2D eigenvalue weighted by Gasteiger charge is 1.90. The second-order valence-corrected chi connectivity index (χ2v) is 3.60. The van der Waals surface area contributed by atoms with Crippen molar-refractivity contribution in [3.05, 3.63) is 23.0 Å². The van der Waals surface area contributed by atoms with E-state index in [2.05, 4.69) is 22.6 Å². The first-order valence-corrected chi connectivity index (χ1v) is 5.33. The van der Waals surface area contributed by atoms with Gasteiger partial charge in [-0.05, 0) is 30.3 Å². The van der Waals surface area contributed by atoms with Gasteiger partial charge in [0.15, 0.2) is 0 Å². The van der Waals surface area contributed by atoms with Crippen molar-refractivity contribution in [1.82, 2.24) is 0 Å². The standard InChI is InChI=1S/C8H11ClFI/c1-7(10)8(9)5-3-2-4-6-11/h3,5H,2,4,6H2,1H3/b5-3-,8-7-. The van der Waals surface area contributed by atoms with Crippen molar-refractivity contribution in [1.29, 1.82) is 0 Å². The molecule has 0 aromatic rings. The van der Waals surface area contributed by atoms with Gasteiger partial charge in [0.25, 0.3) is 0 Å². The van der Waals surface area contributed by atoms with E-state index < -0.39 is 0 Å². The van der Waals surface area contributed by atoms with Gasteiger partial charge in [0.1, 0.15) is 5.83 Å². The Morgan fingerprint density at radius 2 is 2.27 bits per heavy atom. The van der Waals surface area contributed by atoms with Crippen molar-refractivity contribution in [2.24, 2.45) is 0 Å². The molecule has 0 saturated carbocycles. The van der Waals surface area contributed by atoms with Crippen molar-refractivity contribution < 1.29 is 4.39 Å². The van der Waals surface area contributed by atoms with Crippen molar-refractivity contribution in [2.45, 2.75) is 19.8 Å². The summed E-state index contributed by atoms with van der Waals surface area (Å²) in [5, 5.41) is 0.207. The minimum atomic E-state index is -0.322. The Labute approximate surface area is 85.6 Å². The molecule has 11 heavy (non-hydrogen) atoms. The summed E-state index contributed by atoms with van der Waals surface area (Å²) in [7, 11) is 0. The maximum atomic E-state index is 12.3. The zero-order chi connectivity index (χ0) is 8.69. The van der Waals surface area contributed by atoms with E-state index >= 15 is 0 Å². The van der Waals surface area contributed by atoms with E-state index in [4.69, 9.17) is 11.6 Å². The van der Waals surface area contributed by atoms with Crippen molar-refractivity contribution in [3.63, 3.8) is 0 Å². The van der Waals surface area contributed by atoms with Crippen molar-refractivity contribution in [3.8, 4) is 0 Å². The smallest absolute Gasteiger partial charge is 0.115 e. The van der Waals surface area contributed by atoms with Gasteiger partial charge in [-0.1, -0.05) is 40.3 Å². The molecule has 0 saturated heterocycles. The molecule has 0 atom stereocenters. The first-order valence-electron chi connectivity index (χ1n) is 3.43. The van der Waals surface area contributed by atoms with Crippen LogP contribution in [0.25, 0.3) is 0 Å². The summed E-state index contributed by atoms with van der Waals surface area (Å²) in [6.07, 6.45) is 5.59. The van der Waals surface area contributed by atoms with Crippen LogP contribution in [0.4, 0.5) is 4.39 Å². The molecule has 0 nitrogen and oxygen atoms in total. The van der Waals surface area contributed by atoms with Gasteiger partial charge in [0.05, 0.1) is 5.03 Å². The Bertz CT molecular complexity index is 159. The van der Waals surface area contributed by atoms with Gasteiger partial charge in [-0.25, -0.2) is 4.39 Å². The summed E-state index contributed by atoms with van der Waals surface area (Å²) in [6, 6.07) is 0. The largest absolute Gasteiger partial charge is 0.211 e. The summed E-state index contributed by atoms with van der Waals surface area (Å²) in [6.45, 7) is 1.35. The van der Waals surface area contributed by atoms with Crippen LogP contribution in [0.5, 0.6) is 0 Å². The zero-order valence-electron chi connectivity index (χ0n) is 6.41. The zero-order valence-corrected chi connectivity index (χ0v) is 9.32. The van der Waals surface area contributed by atoms with Crippen molar-refractivity contribution in [2.75, 3.05) is 4.43 Å². The van der Waals surface area contributed by atoms with E-state index in [1.165, 1.54) is 6.92 Å². The van der Waals surface area contributed by atoms with E-state index in [9.17, 15) is 4.39 Å². The first kappa shape index (κ1) is 11.4. The molecule has 64 valence electrons. The molecule has 0 aliphatic carbocycles. The fraction of sp³-hybridized carbons (Fsp3) is 0.500. The number of halogens is 3. The fourth-order valence-electron chi connectivity index (χ4n) is 0.497. The molecule has 0 aromatic heterocycles. The molecule has 0 spiro atoms. The number of hydrogen-bond donors (Lipinski definition) is 0. The highest BCUT2D eigenvalue weighted by Crippen LogP contribution is 2.11. The SMILES string of the molecule is C/C(F)=C(Cl)\C=C/CCCI. The average molecular weight is 289 g/mol. The molecule has 0 unspecified atom stereocenters. The van der Waals surface area contributed by atoms with Crippen LogP contribution >= 0.6 is 34.2 Å². The highest BCUT2D eigenvalue weighted by atomic mass is 127. The summed E-state index contributed by atoms with van der Waals surface area (Å²) in [4.78, 5) is 0. The Morgan fingerprint density at radius 1 is 1.64 bits per heavy atom. The Kier molecular flexibility index (Phi) is 7.38. The second-order valence-electron chi connectivity index (χ2n) is 2.11. The molecule has 0 aliphatic heterocycles. The minimum Gasteiger partial charge on any atom is -0.211 e. The summed E-state index contributed by atoms with van der Waals surface area (Å²) >= 11 is 7.82. The maximum absolute atomic E-state index is 12.3. The minimum absolute atomic E-state index is 0.207. The summed E-state index contributed by atoms with van der Waals surface area (Å²) in [5.41, 5.74) is 0. The molecule has 0 radical (unpaired) electrons. The Balaban J connectivity index is 3.66. The molecule has 0 amide bonds. The first-order chi connectivity index (χ1) is 5.18. The molecule has 0 heterocycles. The van der Waals surface area contributed by atoms with Crippen LogP contribution in [0.1, 0.15) is 19.8 Å². The molecule has 3 heteroatoms. The third-order valence-electron chi connectivity index (χ3n) is 1.10. The number of rotatable bonds is 4. The maximum Gasteiger partial charge on any atom is 0.115 e. The van der Waals surface area contributed by atoms with Crippen LogP contribution in [-0.2, 0) is 0 Å². The van der Waals surface area contributed by atoms with Gasteiger partial charge >= 0.3 is 0 Å². The molecule has 0 bridgehead atoms. The molecule has 0 aliphatic rings. The topological polar surface area (TPSA) is 0 Å². The van der Waals surface area contributed by atoms with Crippen LogP contribution in [0.3, 0.4) is 0 Å². The molecule has 0 N–H and O–H groups in total. The summed E-state index contributed by atoms with van der Waals surface area (Å²) < 4.78 is 13.4. The number of unbranched alkanes of at least 4 members (excludes halogenated alkanes) is 1. The fourth-order valence-corrected chi connectivity index (χ4v) is 1.03. The lowest BCUT2D eigenvalue weighted by Crippen LogP contribution is -1.72. The predicted octanol–water partition coefficient (Wildman–Crippen LogP) is 4.20. The van der Waals surface area contributed by atoms with Gasteiger partial charge < -0.3 is 0 Å². The van der Waals surface area contributed by atoms with Crippen LogP contribution in [0.15, 0.2) is 23.0 Å². The monoisotopic (exact) mass is 288 g/mol. The van der Waals surface area contributed by atoms with E-state index in [1.54, 1.807) is 6.08 Å². The van der Waals surface area contributed by atoms with E-state index in [1.807, 2.05) is 6.08 Å². The second kappa shape index (κ2) is 7.10. The molecule has 0 rings (SSSR count). The third-order valence-corrected chi connectivity index (χ3v) is 2.25. The van der Waals surface area contributed by atoms with E-state index in [0.29, 0.717) is 0 Å². The molecule has 0 aromatic carbocycles. The van der Waals surface area contributed by atoms with Crippen LogP contribution in [-0.4, -0.2) is 4.43 Å². The lowest BCUT2D eigenvalue weighted by Gasteiger charge is -1.89. The number of alkyl halides is 1. The van der Waals surface area contributed by atoms with Gasteiger partial charge in [-0.3, -0.25) is 0 Å². The van der Waals surface area contributed by atoms with E-state index in [0.717, 1.165) is 17.3 Å². The summed E-state index contributed by atoms with van der Waals surface area (Å²) in [5.74, 6) is -0.322. The third kappa shape index (κ3) is 6.81. The van der Waals surface area contributed by atoms with Gasteiger partial charge in [0, 0.05) is 0 Å². The van der Waals surface area contributed by atoms with Crippen LogP contribution in [0.2, 0.25) is 0 Å². The predicted molar refractivity (Wildman–Crippen MR) is 56.9 cm³/mol. The Morgan fingerprint density at radius 3 is 2.73 bits per heavy atom. The highest BCUT2D eigenvalue weighted by molar-refractivity contribution is 14.1. The average Bonchev–Trinajstić information content (AvgIpc) is 1.97.